The highest BCUT2D eigenvalue weighted by atomic mass is 32.1. The number of hydrogen-bond acceptors (Lipinski definition) is 5. The summed E-state index contributed by atoms with van der Waals surface area (Å²) >= 11 is 1.39. The molecule has 0 fully saturated rings. The Bertz CT molecular complexity index is 678. The topological polar surface area (TPSA) is 77.2 Å². The fourth-order valence-electron chi connectivity index (χ4n) is 2.01. The summed E-state index contributed by atoms with van der Waals surface area (Å²) in [6.07, 6.45) is 0. The maximum absolute atomic E-state index is 12.4. The number of aromatic nitrogens is 1. The summed E-state index contributed by atoms with van der Waals surface area (Å²) in [5, 5.41) is 3.76. The Morgan fingerprint density at radius 1 is 1.35 bits per heavy atom. The smallest absolute Gasteiger partial charge is 0.263 e. The van der Waals surface area contributed by atoms with E-state index in [0.717, 1.165) is 22.0 Å². The van der Waals surface area contributed by atoms with Crippen LogP contribution in [-0.2, 0) is 0 Å². The summed E-state index contributed by atoms with van der Waals surface area (Å²) < 4.78 is 5.44. The lowest BCUT2D eigenvalue weighted by atomic mass is 10.1. The van der Waals surface area contributed by atoms with Gasteiger partial charge in [0, 0.05) is 17.6 Å². The highest BCUT2D eigenvalue weighted by Gasteiger charge is 2.23. The quantitative estimate of drug-likeness (QED) is 0.852. The van der Waals surface area contributed by atoms with Crippen LogP contribution in [0.4, 0.5) is 0 Å². The zero-order valence-electron chi connectivity index (χ0n) is 14.0. The first kappa shape index (κ1) is 17.4. The Labute approximate surface area is 140 Å². The molecule has 3 N–H and O–H groups in total. The van der Waals surface area contributed by atoms with Gasteiger partial charge in [-0.25, -0.2) is 4.98 Å². The molecule has 0 unspecified atom stereocenters. The number of hydrogen-bond donors (Lipinski definition) is 2. The van der Waals surface area contributed by atoms with Gasteiger partial charge in [-0.1, -0.05) is 0 Å². The number of carbonyl (C=O) groups is 1. The molecule has 1 aromatic heterocycles. The van der Waals surface area contributed by atoms with E-state index >= 15 is 0 Å². The molecule has 5 nitrogen and oxygen atoms in total. The second-order valence-corrected chi connectivity index (χ2v) is 6.93. The molecule has 0 spiro atoms. The van der Waals surface area contributed by atoms with Gasteiger partial charge in [0.25, 0.3) is 5.91 Å². The van der Waals surface area contributed by atoms with Gasteiger partial charge in [-0.3, -0.25) is 4.79 Å². The molecule has 2 rings (SSSR count). The van der Waals surface area contributed by atoms with Gasteiger partial charge in [-0.15, -0.1) is 11.3 Å². The van der Waals surface area contributed by atoms with Crippen molar-refractivity contribution in [3.63, 3.8) is 0 Å². The first-order valence-corrected chi connectivity index (χ1v) is 8.41. The number of amides is 1. The summed E-state index contributed by atoms with van der Waals surface area (Å²) in [4.78, 5) is 17.5. The van der Waals surface area contributed by atoms with Crippen LogP contribution in [0.3, 0.4) is 0 Å². The second-order valence-electron chi connectivity index (χ2n) is 5.93. The number of aryl methyl sites for hydroxylation is 1. The van der Waals surface area contributed by atoms with Crippen LogP contribution < -0.4 is 15.8 Å². The molecule has 23 heavy (non-hydrogen) atoms. The predicted octanol–water partition coefficient (Wildman–Crippen LogP) is 2.98. The first-order chi connectivity index (χ1) is 10.9. The van der Waals surface area contributed by atoms with Gasteiger partial charge in [0.1, 0.15) is 15.6 Å². The maximum atomic E-state index is 12.4. The third kappa shape index (κ3) is 4.30. The fourth-order valence-corrected chi connectivity index (χ4v) is 2.97. The minimum Gasteiger partial charge on any atom is -0.494 e. The molecule has 1 aromatic carbocycles. The third-order valence-corrected chi connectivity index (χ3v) is 4.58. The van der Waals surface area contributed by atoms with Gasteiger partial charge >= 0.3 is 0 Å². The van der Waals surface area contributed by atoms with Crippen LogP contribution in [0.25, 0.3) is 10.6 Å². The Morgan fingerprint density at radius 3 is 2.57 bits per heavy atom. The number of thiazole rings is 1. The van der Waals surface area contributed by atoms with Crippen LogP contribution in [0.2, 0.25) is 0 Å². The van der Waals surface area contributed by atoms with Crippen molar-refractivity contribution in [1.82, 2.24) is 10.3 Å². The minimum absolute atomic E-state index is 0.132. The van der Waals surface area contributed by atoms with Crippen LogP contribution in [0, 0.1) is 6.92 Å². The number of benzene rings is 1. The molecular formula is C17H23N3O2S. The standard InChI is InChI=1S/C17H23N3O2S/c1-5-22-13-8-6-12(7-9-13)16-19-11(2)14(23-16)15(21)20-17(3,4)10-18/h6-9H,5,10,18H2,1-4H3,(H,20,21). The predicted molar refractivity (Wildman–Crippen MR) is 94.1 cm³/mol. The molecule has 1 heterocycles. The molecule has 0 bridgehead atoms. The van der Waals surface area contributed by atoms with Crippen molar-refractivity contribution in [1.29, 1.82) is 0 Å². The van der Waals surface area contributed by atoms with Crippen molar-refractivity contribution in [2.24, 2.45) is 5.73 Å². The molecule has 124 valence electrons. The SMILES string of the molecule is CCOc1ccc(-c2nc(C)c(C(=O)NC(C)(C)CN)s2)cc1. The van der Waals surface area contributed by atoms with Gasteiger partial charge < -0.3 is 15.8 Å². The lowest BCUT2D eigenvalue weighted by Crippen LogP contribution is -2.48. The summed E-state index contributed by atoms with van der Waals surface area (Å²) in [6, 6.07) is 7.73. The summed E-state index contributed by atoms with van der Waals surface area (Å²) in [5.41, 5.74) is 6.93. The molecule has 0 saturated heterocycles. The average molecular weight is 333 g/mol. The number of nitrogens with one attached hydrogen (secondary N) is 1. The van der Waals surface area contributed by atoms with E-state index in [1.807, 2.05) is 52.0 Å². The van der Waals surface area contributed by atoms with E-state index in [-0.39, 0.29) is 5.91 Å². The van der Waals surface area contributed by atoms with Crippen molar-refractivity contribution in [2.75, 3.05) is 13.2 Å². The Balaban J connectivity index is 2.22. The number of rotatable bonds is 6. The van der Waals surface area contributed by atoms with E-state index < -0.39 is 5.54 Å². The average Bonchev–Trinajstić information content (AvgIpc) is 2.90. The minimum atomic E-state index is -0.438. The highest BCUT2D eigenvalue weighted by molar-refractivity contribution is 7.17. The fraction of sp³-hybridized carbons (Fsp3) is 0.412. The molecule has 0 aliphatic rings. The number of carbonyl (C=O) groups excluding carboxylic acids is 1. The largest absolute Gasteiger partial charge is 0.494 e. The van der Waals surface area contributed by atoms with Crippen molar-refractivity contribution in [3.8, 4) is 16.3 Å². The molecule has 6 heteroatoms. The summed E-state index contributed by atoms with van der Waals surface area (Å²) in [5.74, 6) is 0.694. The third-order valence-electron chi connectivity index (χ3n) is 3.38. The van der Waals surface area contributed by atoms with E-state index in [9.17, 15) is 4.79 Å². The van der Waals surface area contributed by atoms with Crippen LogP contribution in [0.15, 0.2) is 24.3 Å². The number of ether oxygens (including phenoxy) is 1. The van der Waals surface area contributed by atoms with E-state index in [1.165, 1.54) is 11.3 Å². The van der Waals surface area contributed by atoms with Crippen molar-refractivity contribution in [3.05, 3.63) is 34.8 Å². The molecule has 0 aliphatic heterocycles. The maximum Gasteiger partial charge on any atom is 0.263 e. The summed E-state index contributed by atoms with van der Waals surface area (Å²) in [7, 11) is 0. The van der Waals surface area contributed by atoms with E-state index in [4.69, 9.17) is 10.5 Å². The normalized spacial score (nSPS) is 11.3. The number of nitrogens with two attached hydrogens (primary N) is 1. The lowest BCUT2D eigenvalue weighted by Gasteiger charge is -2.23. The number of nitrogens with zero attached hydrogens (tertiary/aromatic N) is 1. The van der Waals surface area contributed by atoms with Crippen molar-refractivity contribution >= 4 is 17.2 Å². The Kier molecular flexibility index (Phi) is 5.38. The molecule has 0 aliphatic carbocycles. The van der Waals surface area contributed by atoms with Crippen LogP contribution >= 0.6 is 11.3 Å². The molecule has 1 amide bonds. The van der Waals surface area contributed by atoms with Gasteiger partial charge in [-0.05, 0) is 52.0 Å². The zero-order valence-corrected chi connectivity index (χ0v) is 14.8. The van der Waals surface area contributed by atoms with Crippen LogP contribution in [0.5, 0.6) is 5.75 Å². The molecule has 0 atom stereocenters. The Hall–Kier alpha value is -1.92. The van der Waals surface area contributed by atoms with Gasteiger partial charge in [0.2, 0.25) is 0 Å². The van der Waals surface area contributed by atoms with Gasteiger partial charge in [-0.2, -0.15) is 0 Å². The molecular weight excluding hydrogens is 310 g/mol. The monoisotopic (exact) mass is 333 g/mol. The van der Waals surface area contributed by atoms with Crippen LogP contribution in [0.1, 0.15) is 36.1 Å². The zero-order chi connectivity index (χ0) is 17.0. The molecule has 2 aromatic rings. The highest BCUT2D eigenvalue weighted by Crippen LogP contribution is 2.29. The first-order valence-electron chi connectivity index (χ1n) is 7.59. The lowest BCUT2D eigenvalue weighted by molar-refractivity contribution is 0.0919. The summed E-state index contributed by atoms with van der Waals surface area (Å²) in [6.45, 7) is 8.60. The van der Waals surface area contributed by atoms with Gasteiger partial charge in [0.15, 0.2) is 0 Å². The van der Waals surface area contributed by atoms with E-state index in [0.29, 0.717) is 18.0 Å². The van der Waals surface area contributed by atoms with E-state index in [1.54, 1.807) is 0 Å². The second kappa shape index (κ2) is 7.10. The van der Waals surface area contributed by atoms with Gasteiger partial charge in [0.05, 0.1) is 12.3 Å². The van der Waals surface area contributed by atoms with E-state index in [2.05, 4.69) is 10.3 Å². The molecule has 0 saturated carbocycles. The van der Waals surface area contributed by atoms with Crippen LogP contribution in [-0.4, -0.2) is 29.6 Å². The van der Waals surface area contributed by atoms with Crippen molar-refractivity contribution in [2.45, 2.75) is 33.2 Å². The Morgan fingerprint density at radius 2 is 2.00 bits per heavy atom. The van der Waals surface area contributed by atoms with Crippen molar-refractivity contribution < 1.29 is 9.53 Å². The molecule has 0 radical (unpaired) electrons.